The maximum Gasteiger partial charge on any atom is 0.216 e. The highest BCUT2D eigenvalue weighted by Crippen LogP contribution is 2.32. The quantitative estimate of drug-likeness (QED) is 0.865. The van der Waals surface area contributed by atoms with Crippen molar-refractivity contribution in [3.8, 4) is 0 Å². The van der Waals surface area contributed by atoms with Crippen LogP contribution in [0.3, 0.4) is 0 Å². The standard InChI is InChI=1S/C11H11Cl3N2O/c1-16-8-5-3-2-4-7(8)15-10(16)6-9(17)11(12,13)14/h2-5,9,17H,6H2,1H3/t9-/m0/s1. The highest BCUT2D eigenvalue weighted by Gasteiger charge is 2.32. The number of imidazole rings is 1. The number of aliphatic hydroxyl groups is 1. The van der Waals surface area contributed by atoms with E-state index in [1.165, 1.54) is 0 Å². The van der Waals surface area contributed by atoms with Crippen molar-refractivity contribution in [3.63, 3.8) is 0 Å². The van der Waals surface area contributed by atoms with E-state index in [4.69, 9.17) is 34.8 Å². The lowest BCUT2D eigenvalue weighted by Gasteiger charge is -2.18. The van der Waals surface area contributed by atoms with Crippen LogP contribution in [-0.2, 0) is 13.5 Å². The highest BCUT2D eigenvalue weighted by atomic mass is 35.6. The highest BCUT2D eigenvalue weighted by molar-refractivity contribution is 6.68. The molecule has 1 aromatic heterocycles. The van der Waals surface area contributed by atoms with Gasteiger partial charge in [0.15, 0.2) is 0 Å². The Morgan fingerprint density at radius 3 is 2.59 bits per heavy atom. The lowest BCUT2D eigenvalue weighted by Crippen LogP contribution is -2.28. The molecule has 0 amide bonds. The summed E-state index contributed by atoms with van der Waals surface area (Å²) >= 11 is 16.9. The number of fused-ring (bicyclic) bond motifs is 1. The summed E-state index contributed by atoms with van der Waals surface area (Å²) in [4.78, 5) is 4.39. The molecule has 0 aliphatic carbocycles. The molecule has 0 fully saturated rings. The van der Waals surface area contributed by atoms with Gasteiger partial charge in [-0.25, -0.2) is 4.98 Å². The van der Waals surface area contributed by atoms with Gasteiger partial charge < -0.3 is 9.67 Å². The second kappa shape index (κ2) is 4.65. The number of aliphatic hydroxyl groups excluding tert-OH is 1. The maximum absolute atomic E-state index is 9.74. The maximum atomic E-state index is 9.74. The van der Waals surface area contributed by atoms with Crippen LogP contribution in [0.5, 0.6) is 0 Å². The van der Waals surface area contributed by atoms with E-state index >= 15 is 0 Å². The summed E-state index contributed by atoms with van der Waals surface area (Å²) < 4.78 is 0.188. The summed E-state index contributed by atoms with van der Waals surface area (Å²) in [5.74, 6) is 0.685. The van der Waals surface area contributed by atoms with Gasteiger partial charge in [-0.15, -0.1) is 0 Å². The van der Waals surface area contributed by atoms with Crippen LogP contribution in [0, 0.1) is 0 Å². The van der Waals surface area contributed by atoms with Gasteiger partial charge in [0.1, 0.15) is 11.9 Å². The molecule has 1 atom stereocenters. The first-order chi connectivity index (χ1) is 7.89. The Balaban J connectivity index is 2.34. The Labute approximate surface area is 114 Å². The van der Waals surface area contributed by atoms with Crippen LogP contribution in [0.4, 0.5) is 0 Å². The fourth-order valence-electron chi connectivity index (χ4n) is 1.67. The zero-order valence-corrected chi connectivity index (χ0v) is 11.3. The van der Waals surface area contributed by atoms with Gasteiger partial charge in [-0.1, -0.05) is 46.9 Å². The smallest absolute Gasteiger partial charge is 0.216 e. The van der Waals surface area contributed by atoms with Gasteiger partial charge >= 0.3 is 0 Å². The molecule has 0 saturated heterocycles. The molecule has 92 valence electrons. The number of rotatable bonds is 2. The molecule has 2 aromatic rings. The molecule has 0 radical (unpaired) electrons. The lowest BCUT2D eigenvalue weighted by molar-refractivity contribution is 0.176. The summed E-state index contributed by atoms with van der Waals surface area (Å²) in [7, 11) is 1.87. The second-order valence-electron chi connectivity index (χ2n) is 3.84. The van der Waals surface area contributed by atoms with E-state index in [1.807, 2.05) is 35.9 Å². The van der Waals surface area contributed by atoms with Crippen molar-refractivity contribution in [1.82, 2.24) is 9.55 Å². The normalized spacial score (nSPS) is 14.2. The van der Waals surface area contributed by atoms with Gasteiger partial charge in [-0.3, -0.25) is 0 Å². The fourth-order valence-corrected chi connectivity index (χ4v) is 1.90. The van der Waals surface area contributed by atoms with Crippen molar-refractivity contribution in [2.24, 2.45) is 7.05 Å². The van der Waals surface area contributed by atoms with Gasteiger partial charge in [0, 0.05) is 13.5 Å². The average Bonchev–Trinajstić information content (AvgIpc) is 2.55. The first kappa shape index (κ1) is 13.0. The van der Waals surface area contributed by atoms with E-state index in [9.17, 15) is 5.11 Å². The van der Waals surface area contributed by atoms with Gasteiger partial charge in [0.25, 0.3) is 0 Å². The SMILES string of the molecule is Cn1c(C[C@H](O)C(Cl)(Cl)Cl)nc2ccccc21. The van der Waals surface area contributed by atoms with Gasteiger partial charge in [0.05, 0.1) is 11.0 Å². The van der Waals surface area contributed by atoms with Crippen LogP contribution in [-0.4, -0.2) is 24.6 Å². The minimum atomic E-state index is -1.70. The number of nitrogens with zero attached hydrogens (tertiary/aromatic N) is 2. The topological polar surface area (TPSA) is 38.0 Å². The minimum absolute atomic E-state index is 0.196. The molecule has 2 rings (SSSR count). The van der Waals surface area contributed by atoms with Crippen molar-refractivity contribution in [2.45, 2.75) is 16.3 Å². The Bertz CT molecular complexity index is 533. The van der Waals surface area contributed by atoms with E-state index < -0.39 is 9.90 Å². The summed E-state index contributed by atoms with van der Waals surface area (Å²) in [5.41, 5.74) is 1.85. The third-order valence-electron chi connectivity index (χ3n) is 2.63. The van der Waals surface area contributed by atoms with Gasteiger partial charge in [-0.2, -0.15) is 0 Å². The summed E-state index contributed by atoms with van der Waals surface area (Å²) in [6.45, 7) is 0. The first-order valence-corrected chi connectivity index (χ1v) is 6.18. The van der Waals surface area contributed by atoms with Gasteiger partial charge in [-0.05, 0) is 12.1 Å². The minimum Gasteiger partial charge on any atom is -0.388 e. The zero-order valence-electron chi connectivity index (χ0n) is 9.07. The monoisotopic (exact) mass is 292 g/mol. The third kappa shape index (κ3) is 2.68. The number of aromatic nitrogens is 2. The number of aryl methyl sites for hydroxylation is 1. The van der Waals surface area contributed by atoms with E-state index in [2.05, 4.69) is 4.98 Å². The number of benzene rings is 1. The fraction of sp³-hybridized carbons (Fsp3) is 0.364. The van der Waals surface area contributed by atoms with Crippen LogP contribution < -0.4 is 0 Å². The Hall–Kier alpha value is -0.480. The largest absolute Gasteiger partial charge is 0.388 e. The second-order valence-corrected chi connectivity index (χ2v) is 6.21. The van der Waals surface area contributed by atoms with Crippen LogP contribution in [0.15, 0.2) is 24.3 Å². The van der Waals surface area contributed by atoms with Crippen LogP contribution in [0.1, 0.15) is 5.82 Å². The molecule has 0 spiro atoms. The van der Waals surface area contributed by atoms with Crippen LogP contribution in [0.2, 0.25) is 0 Å². The van der Waals surface area contributed by atoms with Crippen molar-refractivity contribution < 1.29 is 5.11 Å². The molecule has 0 saturated carbocycles. The molecule has 1 aromatic carbocycles. The summed E-state index contributed by atoms with van der Waals surface area (Å²) in [6.07, 6.45) is -0.884. The molecule has 17 heavy (non-hydrogen) atoms. The number of hydrogen-bond acceptors (Lipinski definition) is 2. The Morgan fingerprint density at radius 2 is 2.00 bits per heavy atom. The van der Waals surface area contributed by atoms with E-state index in [0.717, 1.165) is 11.0 Å². The van der Waals surface area contributed by atoms with E-state index in [-0.39, 0.29) is 6.42 Å². The third-order valence-corrected chi connectivity index (χ3v) is 3.39. The molecular formula is C11H11Cl3N2O. The van der Waals surface area contributed by atoms with Crippen molar-refractivity contribution >= 4 is 45.8 Å². The number of para-hydroxylation sites is 2. The molecule has 1 heterocycles. The Kier molecular flexibility index (Phi) is 3.55. The summed E-state index contributed by atoms with van der Waals surface area (Å²) in [5, 5.41) is 9.74. The zero-order chi connectivity index (χ0) is 12.6. The van der Waals surface area contributed by atoms with Gasteiger partial charge in [0.2, 0.25) is 3.79 Å². The molecule has 0 aliphatic heterocycles. The molecule has 6 heteroatoms. The van der Waals surface area contributed by atoms with Crippen molar-refractivity contribution in [1.29, 1.82) is 0 Å². The van der Waals surface area contributed by atoms with E-state index in [1.54, 1.807) is 0 Å². The van der Waals surface area contributed by atoms with E-state index in [0.29, 0.717) is 5.82 Å². The lowest BCUT2D eigenvalue weighted by atomic mass is 10.2. The molecule has 0 unspecified atom stereocenters. The molecule has 0 aliphatic rings. The number of hydrogen-bond donors (Lipinski definition) is 1. The van der Waals surface area contributed by atoms with Crippen LogP contribution >= 0.6 is 34.8 Å². The molecule has 3 nitrogen and oxygen atoms in total. The molecular weight excluding hydrogens is 282 g/mol. The predicted molar refractivity (Wildman–Crippen MR) is 70.7 cm³/mol. The molecule has 1 N–H and O–H groups in total. The van der Waals surface area contributed by atoms with Crippen LogP contribution in [0.25, 0.3) is 11.0 Å². The Morgan fingerprint density at radius 1 is 1.35 bits per heavy atom. The summed E-state index contributed by atoms with van der Waals surface area (Å²) in [6, 6.07) is 7.69. The number of alkyl halides is 3. The van der Waals surface area contributed by atoms with Crippen molar-refractivity contribution in [3.05, 3.63) is 30.1 Å². The predicted octanol–water partition coefficient (Wildman–Crippen LogP) is 2.85. The number of halogens is 3. The first-order valence-electron chi connectivity index (χ1n) is 5.04. The molecule has 0 bridgehead atoms. The average molecular weight is 294 g/mol. The van der Waals surface area contributed by atoms with Crippen molar-refractivity contribution in [2.75, 3.05) is 0 Å².